The number of amides is 1. The molecule has 0 spiro atoms. The van der Waals surface area contributed by atoms with Crippen LogP contribution >= 0.6 is 27.7 Å². The van der Waals surface area contributed by atoms with Crippen molar-refractivity contribution in [2.75, 3.05) is 19.4 Å². The molecule has 1 aliphatic rings. The number of carbonyl (C=O) groups excluding carboxylic acids is 1. The molecule has 7 heteroatoms. The highest BCUT2D eigenvalue weighted by atomic mass is 79.9. The van der Waals surface area contributed by atoms with Crippen molar-refractivity contribution in [1.29, 1.82) is 0 Å². The van der Waals surface area contributed by atoms with Gasteiger partial charge in [-0.25, -0.2) is 4.79 Å². The van der Waals surface area contributed by atoms with Gasteiger partial charge in [0.1, 0.15) is 22.3 Å². The van der Waals surface area contributed by atoms with E-state index in [0.29, 0.717) is 12.1 Å². The minimum Gasteiger partial charge on any atom is -0.496 e. The molecule has 27 heavy (non-hydrogen) atoms. The molecule has 1 aromatic heterocycles. The first-order chi connectivity index (χ1) is 13.1. The van der Waals surface area contributed by atoms with Crippen molar-refractivity contribution in [1.82, 2.24) is 4.90 Å². The summed E-state index contributed by atoms with van der Waals surface area (Å²) < 4.78 is 11.4. The number of hydrogen-bond acceptors (Lipinski definition) is 5. The van der Waals surface area contributed by atoms with Crippen LogP contribution in [0.4, 0.5) is 0 Å². The summed E-state index contributed by atoms with van der Waals surface area (Å²) in [5.74, 6) is 1.23. The SMILES string of the molecule is COc1ccc(C2SCCN2C(=O)c2cc3ccccc3oc2=O)cc1Br. The third kappa shape index (κ3) is 3.37. The summed E-state index contributed by atoms with van der Waals surface area (Å²) in [5.41, 5.74) is 0.910. The summed E-state index contributed by atoms with van der Waals surface area (Å²) in [5, 5.41) is 0.571. The Morgan fingerprint density at radius 1 is 1.26 bits per heavy atom. The van der Waals surface area contributed by atoms with Crippen molar-refractivity contribution in [2.45, 2.75) is 5.37 Å². The smallest absolute Gasteiger partial charge is 0.349 e. The number of halogens is 1. The Bertz CT molecular complexity index is 1080. The lowest BCUT2D eigenvalue weighted by atomic mass is 10.1. The zero-order chi connectivity index (χ0) is 19.0. The summed E-state index contributed by atoms with van der Waals surface area (Å²) in [4.78, 5) is 27.2. The lowest BCUT2D eigenvalue weighted by molar-refractivity contribution is 0.0756. The van der Waals surface area contributed by atoms with E-state index in [0.717, 1.165) is 26.9 Å². The average molecular weight is 446 g/mol. The maximum atomic E-state index is 13.1. The predicted molar refractivity (Wildman–Crippen MR) is 109 cm³/mol. The highest BCUT2D eigenvalue weighted by Crippen LogP contribution is 2.40. The third-order valence-electron chi connectivity index (χ3n) is 4.48. The molecule has 0 aliphatic carbocycles. The molecule has 1 saturated heterocycles. The maximum Gasteiger partial charge on any atom is 0.349 e. The van der Waals surface area contributed by atoms with E-state index < -0.39 is 5.63 Å². The molecule has 2 aromatic carbocycles. The van der Waals surface area contributed by atoms with Crippen molar-refractivity contribution in [3.8, 4) is 5.75 Å². The fourth-order valence-corrected chi connectivity index (χ4v) is 4.96. The Morgan fingerprint density at radius 3 is 2.85 bits per heavy atom. The Balaban J connectivity index is 1.70. The molecule has 1 fully saturated rings. The number of benzene rings is 2. The highest BCUT2D eigenvalue weighted by molar-refractivity contribution is 9.10. The summed E-state index contributed by atoms with van der Waals surface area (Å²) in [6.07, 6.45) is 0. The molecule has 138 valence electrons. The van der Waals surface area contributed by atoms with Crippen LogP contribution in [0.3, 0.4) is 0 Å². The number of fused-ring (bicyclic) bond motifs is 1. The molecule has 1 amide bonds. The molecule has 0 N–H and O–H groups in total. The van der Waals surface area contributed by atoms with E-state index >= 15 is 0 Å². The molecule has 4 rings (SSSR count). The summed E-state index contributed by atoms with van der Waals surface area (Å²) >= 11 is 5.16. The first-order valence-electron chi connectivity index (χ1n) is 8.37. The van der Waals surface area contributed by atoms with E-state index in [1.165, 1.54) is 0 Å². The van der Waals surface area contributed by atoms with E-state index in [-0.39, 0.29) is 16.8 Å². The number of ether oxygens (including phenoxy) is 1. The van der Waals surface area contributed by atoms with Crippen LogP contribution in [0.1, 0.15) is 21.3 Å². The zero-order valence-corrected chi connectivity index (χ0v) is 16.9. The van der Waals surface area contributed by atoms with Crippen LogP contribution in [0, 0.1) is 0 Å². The van der Waals surface area contributed by atoms with Crippen molar-refractivity contribution in [2.24, 2.45) is 0 Å². The van der Waals surface area contributed by atoms with Gasteiger partial charge in [-0.05, 0) is 45.8 Å². The van der Waals surface area contributed by atoms with Gasteiger partial charge in [0, 0.05) is 17.7 Å². The van der Waals surface area contributed by atoms with Crippen molar-refractivity contribution < 1.29 is 13.9 Å². The minimum atomic E-state index is -0.606. The second-order valence-corrected chi connectivity index (χ2v) is 8.14. The first kappa shape index (κ1) is 18.1. The number of methoxy groups -OCH3 is 1. The normalized spacial score (nSPS) is 16.7. The monoisotopic (exact) mass is 445 g/mol. The number of thioether (sulfide) groups is 1. The topological polar surface area (TPSA) is 59.8 Å². The maximum absolute atomic E-state index is 13.1. The second-order valence-electron chi connectivity index (χ2n) is 6.10. The van der Waals surface area contributed by atoms with Crippen LogP contribution in [-0.2, 0) is 0 Å². The number of rotatable bonds is 3. The summed E-state index contributed by atoms with van der Waals surface area (Å²) in [7, 11) is 1.61. The van der Waals surface area contributed by atoms with Gasteiger partial charge in [-0.15, -0.1) is 11.8 Å². The van der Waals surface area contributed by atoms with Gasteiger partial charge < -0.3 is 14.1 Å². The number of carbonyl (C=O) groups is 1. The Kier molecular flexibility index (Phi) is 4.97. The summed E-state index contributed by atoms with van der Waals surface area (Å²) in [6, 6.07) is 14.6. The van der Waals surface area contributed by atoms with Crippen LogP contribution in [0.2, 0.25) is 0 Å². The second kappa shape index (κ2) is 7.40. The fourth-order valence-electron chi connectivity index (χ4n) is 3.16. The summed E-state index contributed by atoms with van der Waals surface area (Å²) in [6.45, 7) is 0.573. The van der Waals surface area contributed by atoms with Crippen LogP contribution in [0.5, 0.6) is 5.75 Å². The molecular weight excluding hydrogens is 430 g/mol. The fraction of sp³-hybridized carbons (Fsp3) is 0.200. The van der Waals surface area contributed by atoms with Crippen LogP contribution in [0.15, 0.2) is 62.2 Å². The zero-order valence-electron chi connectivity index (χ0n) is 14.5. The molecule has 1 aliphatic heterocycles. The van der Waals surface area contributed by atoms with Crippen LogP contribution in [0.25, 0.3) is 11.0 Å². The molecule has 1 unspecified atom stereocenters. The number of hydrogen-bond donors (Lipinski definition) is 0. The van der Waals surface area contributed by atoms with Gasteiger partial charge in [0.2, 0.25) is 0 Å². The molecule has 0 bridgehead atoms. The van der Waals surface area contributed by atoms with E-state index in [4.69, 9.17) is 9.15 Å². The standard InChI is InChI=1S/C20H16BrNO4S/c1-25-17-7-6-13(11-15(17)21)19-22(8-9-27-19)18(23)14-10-12-4-2-3-5-16(12)26-20(14)24/h2-7,10-11,19H,8-9H2,1H3. The average Bonchev–Trinajstić information content (AvgIpc) is 3.16. The van der Waals surface area contributed by atoms with Gasteiger partial charge in [-0.3, -0.25) is 4.79 Å². The first-order valence-corrected chi connectivity index (χ1v) is 10.2. The Hall–Kier alpha value is -2.25. The molecule has 1 atom stereocenters. The molecule has 2 heterocycles. The largest absolute Gasteiger partial charge is 0.496 e. The van der Waals surface area contributed by atoms with E-state index in [2.05, 4.69) is 15.9 Å². The molecular formula is C20H16BrNO4S. The molecule has 0 radical (unpaired) electrons. The van der Waals surface area contributed by atoms with Gasteiger partial charge in [-0.1, -0.05) is 24.3 Å². The van der Waals surface area contributed by atoms with E-state index in [1.807, 2.05) is 30.3 Å². The van der Waals surface area contributed by atoms with Crippen molar-refractivity contribution in [3.63, 3.8) is 0 Å². The molecule has 0 saturated carbocycles. The van der Waals surface area contributed by atoms with Gasteiger partial charge >= 0.3 is 5.63 Å². The lowest BCUT2D eigenvalue weighted by Crippen LogP contribution is -2.33. The van der Waals surface area contributed by atoms with Crippen molar-refractivity contribution in [3.05, 3.63) is 74.6 Å². The van der Waals surface area contributed by atoms with E-state index in [9.17, 15) is 9.59 Å². The Labute approximate surface area is 168 Å². The lowest BCUT2D eigenvalue weighted by Gasteiger charge is -2.24. The number of nitrogens with zero attached hydrogens (tertiary/aromatic N) is 1. The number of para-hydroxylation sites is 1. The van der Waals surface area contributed by atoms with Gasteiger partial charge in [0.25, 0.3) is 5.91 Å². The van der Waals surface area contributed by atoms with Gasteiger partial charge in [0.15, 0.2) is 0 Å². The Morgan fingerprint density at radius 2 is 2.07 bits per heavy atom. The van der Waals surface area contributed by atoms with Crippen molar-refractivity contribution >= 4 is 44.6 Å². The predicted octanol–water partition coefficient (Wildman–Crippen LogP) is 4.45. The third-order valence-corrected chi connectivity index (χ3v) is 6.37. The van der Waals surface area contributed by atoms with Crippen LogP contribution in [-0.4, -0.2) is 30.2 Å². The van der Waals surface area contributed by atoms with Crippen LogP contribution < -0.4 is 10.4 Å². The molecule has 5 nitrogen and oxygen atoms in total. The van der Waals surface area contributed by atoms with Gasteiger partial charge in [0.05, 0.1) is 11.6 Å². The quantitative estimate of drug-likeness (QED) is 0.557. The minimum absolute atomic E-state index is 0.0637. The highest BCUT2D eigenvalue weighted by Gasteiger charge is 2.33. The molecule has 3 aromatic rings. The van der Waals surface area contributed by atoms with Gasteiger partial charge in [-0.2, -0.15) is 0 Å². The van der Waals surface area contributed by atoms with E-state index in [1.54, 1.807) is 42.0 Å².